The topological polar surface area (TPSA) is 0 Å². The second-order valence-electron chi connectivity index (χ2n) is 13.2. The Bertz CT molecular complexity index is 593. The van der Waals surface area contributed by atoms with Gasteiger partial charge >= 0.3 is 0 Å². The Kier molecular flexibility index (Phi) is 4.23. The molecule has 0 nitrogen and oxygen atoms in total. The van der Waals surface area contributed by atoms with Crippen molar-refractivity contribution in [3.8, 4) is 0 Å². The first-order valence-electron chi connectivity index (χ1n) is 12.7. The van der Waals surface area contributed by atoms with Crippen LogP contribution in [-0.2, 0) is 0 Å². The average Bonchev–Trinajstić information content (AvgIpc) is 2.93. The molecule has 5 fully saturated rings. The third-order valence-corrected chi connectivity index (χ3v) is 12.3. The summed E-state index contributed by atoms with van der Waals surface area (Å²) in [5.41, 5.74) is 1.99. The summed E-state index contributed by atoms with van der Waals surface area (Å²) in [5.74, 6) is 8.07. The molecule has 0 spiro atoms. The first-order valence-corrected chi connectivity index (χ1v) is 12.7. The van der Waals surface area contributed by atoms with E-state index in [0.29, 0.717) is 16.2 Å². The fraction of sp³-hybridized carbons (Fsp3) is 1.00. The second-order valence-corrected chi connectivity index (χ2v) is 13.2. The molecule has 0 aromatic rings. The van der Waals surface area contributed by atoms with Crippen LogP contribution in [0.3, 0.4) is 0 Å². The number of hydrogen-bond acceptors (Lipinski definition) is 0. The van der Waals surface area contributed by atoms with Gasteiger partial charge in [-0.3, -0.25) is 0 Å². The lowest BCUT2D eigenvalue weighted by Gasteiger charge is -2.68. The van der Waals surface area contributed by atoms with Crippen LogP contribution in [0.4, 0.5) is 0 Å². The van der Waals surface area contributed by atoms with Crippen molar-refractivity contribution in [2.75, 3.05) is 0 Å². The summed E-state index contributed by atoms with van der Waals surface area (Å²) in [6.45, 7) is 16.0. The summed E-state index contributed by atoms with van der Waals surface area (Å²) in [5, 5.41) is 0. The van der Waals surface area contributed by atoms with Gasteiger partial charge in [-0.2, -0.15) is 0 Å². The molecule has 0 aromatic heterocycles. The van der Waals surface area contributed by atoms with Gasteiger partial charge in [-0.1, -0.05) is 41.5 Å². The van der Waals surface area contributed by atoms with E-state index in [9.17, 15) is 0 Å². The summed E-state index contributed by atoms with van der Waals surface area (Å²) < 4.78 is 0. The Hall–Kier alpha value is 0. The zero-order chi connectivity index (χ0) is 19.2. The Morgan fingerprint density at radius 3 is 1.96 bits per heavy atom. The van der Waals surface area contributed by atoms with Crippen LogP contribution in [0.2, 0.25) is 0 Å². The zero-order valence-corrected chi connectivity index (χ0v) is 19.2. The second kappa shape index (κ2) is 6.01. The lowest BCUT2D eigenvalue weighted by atomic mass is 9.37. The minimum absolute atomic E-state index is 0.645. The Labute approximate surface area is 169 Å². The standard InChI is InChI=1S/C27H46/c1-17-10-15-26(5)21(19(17)3)12-16-27(6)22-11-14-25(4)13-9-18(2)24(25)20(22)7-8-23(26)27/h17-24H,7-16H2,1-6H3. The first-order chi connectivity index (χ1) is 12.7. The van der Waals surface area contributed by atoms with Crippen molar-refractivity contribution in [3.63, 3.8) is 0 Å². The Morgan fingerprint density at radius 2 is 1.19 bits per heavy atom. The summed E-state index contributed by atoms with van der Waals surface area (Å²) in [4.78, 5) is 0. The molecule has 0 heteroatoms. The molecule has 5 rings (SSSR count). The van der Waals surface area contributed by atoms with Crippen molar-refractivity contribution < 1.29 is 0 Å². The van der Waals surface area contributed by atoms with E-state index in [2.05, 4.69) is 41.5 Å². The van der Waals surface area contributed by atoms with Gasteiger partial charge < -0.3 is 0 Å². The molecule has 11 atom stereocenters. The van der Waals surface area contributed by atoms with Crippen molar-refractivity contribution in [2.24, 2.45) is 63.6 Å². The molecule has 0 amide bonds. The van der Waals surface area contributed by atoms with Gasteiger partial charge in [0.2, 0.25) is 0 Å². The molecule has 5 aliphatic carbocycles. The Morgan fingerprint density at radius 1 is 0.593 bits per heavy atom. The highest BCUT2D eigenvalue weighted by molar-refractivity contribution is 5.13. The minimum atomic E-state index is 0.645. The van der Waals surface area contributed by atoms with Gasteiger partial charge in [0.05, 0.1) is 0 Å². The van der Waals surface area contributed by atoms with Crippen molar-refractivity contribution in [1.82, 2.24) is 0 Å². The molecule has 11 unspecified atom stereocenters. The molecule has 0 radical (unpaired) electrons. The van der Waals surface area contributed by atoms with E-state index in [1.807, 2.05) is 0 Å². The molecule has 5 saturated carbocycles. The van der Waals surface area contributed by atoms with Crippen molar-refractivity contribution in [1.29, 1.82) is 0 Å². The lowest BCUT2D eigenvalue weighted by Crippen LogP contribution is -2.60. The highest BCUT2D eigenvalue weighted by atomic mass is 14.7. The van der Waals surface area contributed by atoms with E-state index in [0.717, 1.165) is 47.3 Å². The fourth-order valence-electron chi connectivity index (χ4n) is 10.8. The molecular formula is C27H46. The van der Waals surface area contributed by atoms with E-state index in [1.54, 1.807) is 32.1 Å². The smallest absolute Gasteiger partial charge is 0.0261 e. The predicted octanol–water partition coefficient (Wildman–Crippen LogP) is 7.96. The molecular weight excluding hydrogens is 324 g/mol. The monoisotopic (exact) mass is 370 g/mol. The third-order valence-electron chi connectivity index (χ3n) is 12.3. The molecule has 0 bridgehead atoms. The van der Waals surface area contributed by atoms with E-state index >= 15 is 0 Å². The summed E-state index contributed by atoms with van der Waals surface area (Å²) in [6, 6.07) is 0. The van der Waals surface area contributed by atoms with E-state index < -0.39 is 0 Å². The van der Waals surface area contributed by atoms with Crippen molar-refractivity contribution in [2.45, 2.75) is 106 Å². The normalized spacial score (nSPS) is 62.9. The van der Waals surface area contributed by atoms with Crippen LogP contribution < -0.4 is 0 Å². The maximum absolute atomic E-state index is 2.79. The molecule has 0 heterocycles. The number of hydrogen-bond donors (Lipinski definition) is 0. The maximum Gasteiger partial charge on any atom is -0.0261 e. The third kappa shape index (κ3) is 2.40. The van der Waals surface area contributed by atoms with Gasteiger partial charge in [-0.15, -0.1) is 0 Å². The van der Waals surface area contributed by atoms with E-state index in [-0.39, 0.29) is 0 Å². The van der Waals surface area contributed by atoms with Crippen LogP contribution in [0.15, 0.2) is 0 Å². The SMILES string of the molecule is CC1CCC2(C)C(CCC3(C)C4CCC5(C)CCC(C)C5C4CCC23)C1C. The molecule has 0 aliphatic heterocycles. The molecule has 5 aliphatic rings. The van der Waals surface area contributed by atoms with E-state index in [1.165, 1.54) is 32.1 Å². The van der Waals surface area contributed by atoms with Gasteiger partial charge in [0.15, 0.2) is 0 Å². The lowest BCUT2D eigenvalue weighted by molar-refractivity contribution is -0.189. The largest absolute Gasteiger partial charge is 0.0622 e. The number of rotatable bonds is 0. The quantitative estimate of drug-likeness (QED) is 0.405. The summed E-state index contributed by atoms with van der Waals surface area (Å²) in [6.07, 6.45) is 15.4. The zero-order valence-electron chi connectivity index (χ0n) is 19.2. The van der Waals surface area contributed by atoms with Crippen LogP contribution in [0, 0.1) is 63.6 Å². The Balaban J connectivity index is 1.48. The van der Waals surface area contributed by atoms with Crippen LogP contribution in [0.1, 0.15) is 106 Å². The molecule has 27 heavy (non-hydrogen) atoms. The van der Waals surface area contributed by atoms with Gasteiger partial charge in [0, 0.05) is 0 Å². The van der Waals surface area contributed by atoms with Crippen LogP contribution in [0.25, 0.3) is 0 Å². The summed E-state index contributed by atoms with van der Waals surface area (Å²) in [7, 11) is 0. The molecule has 0 aromatic carbocycles. The molecule has 0 saturated heterocycles. The van der Waals surface area contributed by atoms with Gasteiger partial charge in [0.25, 0.3) is 0 Å². The highest BCUT2D eigenvalue weighted by Gasteiger charge is 2.64. The fourth-order valence-corrected chi connectivity index (χ4v) is 10.8. The van der Waals surface area contributed by atoms with Crippen molar-refractivity contribution in [3.05, 3.63) is 0 Å². The highest BCUT2D eigenvalue weighted by Crippen LogP contribution is 2.72. The molecule has 0 N–H and O–H groups in total. The molecule has 154 valence electrons. The maximum atomic E-state index is 2.79. The summed E-state index contributed by atoms with van der Waals surface area (Å²) >= 11 is 0. The van der Waals surface area contributed by atoms with Crippen LogP contribution in [-0.4, -0.2) is 0 Å². The first kappa shape index (κ1) is 19.0. The predicted molar refractivity (Wildman–Crippen MR) is 115 cm³/mol. The average molecular weight is 371 g/mol. The van der Waals surface area contributed by atoms with Gasteiger partial charge in [-0.05, 0) is 128 Å². The van der Waals surface area contributed by atoms with E-state index in [4.69, 9.17) is 0 Å². The van der Waals surface area contributed by atoms with Crippen molar-refractivity contribution >= 4 is 0 Å². The van der Waals surface area contributed by atoms with Gasteiger partial charge in [0.1, 0.15) is 0 Å². The van der Waals surface area contributed by atoms with Crippen LogP contribution >= 0.6 is 0 Å². The minimum Gasteiger partial charge on any atom is -0.0622 e. The number of fused-ring (bicyclic) bond motifs is 7. The van der Waals surface area contributed by atoms with Gasteiger partial charge in [-0.25, -0.2) is 0 Å². The van der Waals surface area contributed by atoms with Crippen LogP contribution in [0.5, 0.6) is 0 Å².